The number of carbonyl (C=O) groups excluding carboxylic acids is 1. The summed E-state index contributed by atoms with van der Waals surface area (Å²) < 4.78 is 11.3. The third-order valence-corrected chi connectivity index (χ3v) is 4.38. The monoisotopic (exact) mass is 385 g/mol. The highest BCUT2D eigenvalue weighted by atomic mass is 79.9. The molecular formula is C19H16BrNO3. The molecule has 0 saturated carbocycles. The number of benzene rings is 3. The summed E-state index contributed by atoms with van der Waals surface area (Å²) in [4.78, 5) is 12.7. The minimum absolute atomic E-state index is 0.192. The number of fused-ring (bicyclic) bond motifs is 1. The highest BCUT2D eigenvalue weighted by molar-refractivity contribution is 9.10. The Balaban J connectivity index is 1.99. The maximum atomic E-state index is 12.7. The lowest BCUT2D eigenvalue weighted by atomic mass is 10.0. The van der Waals surface area contributed by atoms with Crippen LogP contribution in [-0.2, 0) is 0 Å². The number of anilines is 1. The Kier molecular flexibility index (Phi) is 4.71. The number of carbonyl (C=O) groups is 1. The Morgan fingerprint density at radius 1 is 0.958 bits per heavy atom. The molecule has 0 spiro atoms. The van der Waals surface area contributed by atoms with Gasteiger partial charge in [0, 0.05) is 11.6 Å². The van der Waals surface area contributed by atoms with Crippen molar-refractivity contribution in [2.24, 2.45) is 0 Å². The number of amides is 1. The van der Waals surface area contributed by atoms with E-state index in [1.54, 1.807) is 26.4 Å². The molecule has 122 valence electrons. The topological polar surface area (TPSA) is 47.6 Å². The summed E-state index contributed by atoms with van der Waals surface area (Å²) in [5.41, 5.74) is 1.19. The second kappa shape index (κ2) is 6.93. The molecule has 0 fully saturated rings. The lowest BCUT2D eigenvalue weighted by Crippen LogP contribution is -2.13. The molecule has 5 heteroatoms. The van der Waals surface area contributed by atoms with Gasteiger partial charge in [-0.25, -0.2) is 0 Å². The summed E-state index contributed by atoms with van der Waals surface area (Å²) in [6.07, 6.45) is 0. The smallest absolute Gasteiger partial charge is 0.256 e. The summed E-state index contributed by atoms with van der Waals surface area (Å²) in [6.45, 7) is 0. The largest absolute Gasteiger partial charge is 0.495 e. The van der Waals surface area contributed by atoms with Crippen molar-refractivity contribution in [2.45, 2.75) is 0 Å². The molecule has 1 N–H and O–H groups in total. The van der Waals surface area contributed by atoms with Gasteiger partial charge in [-0.05, 0) is 38.8 Å². The van der Waals surface area contributed by atoms with Crippen molar-refractivity contribution in [1.82, 2.24) is 0 Å². The van der Waals surface area contributed by atoms with Crippen LogP contribution in [0.2, 0.25) is 0 Å². The number of ether oxygens (including phenoxy) is 2. The van der Waals surface area contributed by atoms with Crippen LogP contribution in [0.5, 0.6) is 11.5 Å². The van der Waals surface area contributed by atoms with Crippen molar-refractivity contribution in [2.75, 3.05) is 19.5 Å². The number of hydrogen-bond donors (Lipinski definition) is 1. The van der Waals surface area contributed by atoms with Crippen molar-refractivity contribution in [1.29, 1.82) is 0 Å². The van der Waals surface area contributed by atoms with Gasteiger partial charge in [0.15, 0.2) is 0 Å². The molecule has 0 unspecified atom stereocenters. The molecule has 3 aromatic rings. The third kappa shape index (κ3) is 3.08. The molecular weight excluding hydrogens is 370 g/mol. The van der Waals surface area contributed by atoms with E-state index in [4.69, 9.17) is 9.47 Å². The minimum Gasteiger partial charge on any atom is -0.495 e. The van der Waals surface area contributed by atoms with Crippen LogP contribution in [0.4, 0.5) is 5.69 Å². The van der Waals surface area contributed by atoms with Gasteiger partial charge in [-0.2, -0.15) is 0 Å². The number of hydrogen-bond acceptors (Lipinski definition) is 3. The first-order chi connectivity index (χ1) is 11.6. The van der Waals surface area contributed by atoms with Crippen molar-refractivity contribution in [3.8, 4) is 11.5 Å². The van der Waals surface area contributed by atoms with E-state index in [0.717, 1.165) is 15.2 Å². The van der Waals surface area contributed by atoms with Gasteiger partial charge in [0.2, 0.25) is 0 Å². The van der Waals surface area contributed by atoms with Crippen LogP contribution in [-0.4, -0.2) is 20.1 Å². The number of methoxy groups -OCH3 is 2. The second-order valence-corrected chi connectivity index (χ2v) is 6.02. The first kappa shape index (κ1) is 16.3. The molecule has 0 aliphatic carbocycles. The fraction of sp³-hybridized carbons (Fsp3) is 0.105. The van der Waals surface area contributed by atoms with Crippen LogP contribution in [0.1, 0.15) is 10.4 Å². The molecule has 0 saturated heterocycles. The standard InChI is InChI=1S/C19H16BrNO3/c1-23-17-11-18(24-2)16(10-15(17)20)21-19(22)14-9-5-7-12-6-3-4-8-13(12)14/h3-11H,1-2H3,(H,21,22). The summed E-state index contributed by atoms with van der Waals surface area (Å²) >= 11 is 3.42. The molecule has 24 heavy (non-hydrogen) atoms. The Bertz CT molecular complexity index is 903. The van der Waals surface area contributed by atoms with E-state index in [1.807, 2.05) is 42.5 Å². The van der Waals surface area contributed by atoms with E-state index in [1.165, 1.54) is 0 Å². The molecule has 3 rings (SSSR count). The lowest BCUT2D eigenvalue weighted by molar-refractivity contribution is 0.102. The van der Waals surface area contributed by atoms with Gasteiger partial charge in [0.05, 0.1) is 24.4 Å². The molecule has 4 nitrogen and oxygen atoms in total. The van der Waals surface area contributed by atoms with Crippen LogP contribution < -0.4 is 14.8 Å². The van der Waals surface area contributed by atoms with Crippen LogP contribution >= 0.6 is 15.9 Å². The van der Waals surface area contributed by atoms with E-state index < -0.39 is 0 Å². The quantitative estimate of drug-likeness (QED) is 0.696. The van der Waals surface area contributed by atoms with Crippen LogP contribution in [0.25, 0.3) is 10.8 Å². The Morgan fingerprint density at radius 2 is 1.67 bits per heavy atom. The van der Waals surface area contributed by atoms with E-state index in [-0.39, 0.29) is 5.91 Å². The van der Waals surface area contributed by atoms with Crippen LogP contribution in [0.15, 0.2) is 59.1 Å². The molecule has 1 amide bonds. The zero-order chi connectivity index (χ0) is 17.1. The summed E-state index contributed by atoms with van der Waals surface area (Å²) in [5.74, 6) is 0.973. The summed E-state index contributed by atoms with van der Waals surface area (Å²) in [7, 11) is 3.13. The highest BCUT2D eigenvalue weighted by Gasteiger charge is 2.15. The molecule has 0 atom stereocenters. The average molecular weight is 386 g/mol. The molecule has 0 aliphatic rings. The van der Waals surface area contributed by atoms with Gasteiger partial charge < -0.3 is 14.8 Å². The predicted molar refractivity (Wildman–Crippen MR) is 99.1 cm³/mol. The third-order valence-electron chi connectivity index (χ3n) is 3.76. The number of nitrogens with one attached hydrogen (secondary N) is 1. The Labute approximate surface area is 148 Å². The van der Waals surface area contributed by atoms with E-state index in [2.05, 4.69) is 21.2 Å². The predicted octanol–water partition coefficient (Wildman–Crippen LogP) is 4.87. The molecule has 3 aromatic carbocycles. The van der Waals surface area contributed by atoms with Gasteiger partial charge in [0.1, 0.15) is 11.5 Å². The van der Waals surface area contributed by atoms with E-state index >= 15 is 0 Å². The SMILES string of the molecule is COc1cc(OC)c(NC(=O)c2cccc3ccccc23)cc1Br. The normalized spacial score (nSPS) is 10.5. The Morgan fingerprint density at radius 3 is 2.42 bits per heavy atom. The van der Waals surface area contributed by atoms with Gasteiger partial charge in [-0.15, -0.1) is 0 Å². The first-order valence-electron chi connectivity index (χ1n) is 7.34. The van der Waals surface area contributed by atoms with Gasteiger partial charge in [0.25, 0.3) is 5.91 Å². The number of halogens is 1. The van der Waals surface area contributed by atoms with E-state index in [9.17, 15) is 4.79 Å². The molecule has 0 heterocycles. The fourth-order valence-corrected chi connectivity index (χ4v) is 3.08. The highest BCUT2D eigenvalue weighted by Crippen LogP contribution is 2.36. The van der Waals surface area contributed by atoms with Gasteiger partial charge >= 0.3 is 0 Å². The second-order valence-electron chi connectivity index (χ2n) is 5.17. The van der Waals surface area contributed by atoms with Crippen molar-refractivity contribution in [3.05, 3.63) is 64.6 Å². The summed E-state index contributed by atoms with van der Waals surface area (Å²) in [5, 5.41) is 4.84. The van der Waals surface area contributed by atoms with Gasteiger partial charge in [-0.1, -0.05) is 36.4 Å². The molecule has 0 aromatic heterocycles. The van der Waals surface area contributed by atoms with Crippen LogP contribution in [0, 0.1) is 0 Å². The van der Waals surface area contributed by atoms with Crippen molar-refractivity contribution >= 4 is 38.3 Å². The first-order valence-corrected chi connectivity index (χ1v) is 8.14. The lowest BCUT2D eigenvalue weighted by Gasteiger charge is -2.14. The number of rotatable bonds is 4. The minimum atomic E-state index is -0.192. The fourth-order valence-electron chi connectivity index (χ4n) is 2.57. The Hall–Kier alpha value is -2.53. The van der Waals surface area contributed by atoms with E-state index in [0.29, 0.717) is 22.7 Å². The maximum Gasteiger partial charge on any atom is 0.256 e. The molecule has 0 aliphatic heterocycles. The zero-order valence-corrected chi connectivity index (χ0v) is 14.9. The van der Waals surface area contributed by atoms with Crippen LogP contribution in [0.3, 0.4) is 0 Å². The maximum absolute atomic E-state index is 12.7. The van der Waals surface area contributed by atoms with Crippen molar-refractivity contribution in [3.63, 3.8) is 0 Å². The zero-order valence-electron chi connectivity index (χ0n) is 13.3. The molecule has 0 radical (unpaired) electrons. The molecule has 0 bridgehead atoms. The van der Waals surface area contributed by atoms with Gasteiger partial charge in [-0.3, -0.25) is 4.79 Å². The summed E-state index contributed by atoms with van der Waals surface area (Å²) in [6, 6.07) is 16.9. The average Bonchev–Trinajstić information content (AvgIpc) is 2.61. The van der Waals surface area contributed by atoms with Crippen molar-refractivity contribution < 1.29 is 14.3 Å².